The van der Waals surface area contributed by atoms with Crippen LogP contribution in [0.4, 0.5) is 0 Å². The second-order valence-electron chi connectivity index (χ2n) is 6.32. The number of hydrogen-bond donors (Lipinski definition) is 0. The van der Waals surface area contributed by atoms with Gasteiger partial charge in [0.1, 0.15) is 5.78 Å². The van der Waals surface area contributed by atoms with Gasteiger partial charge < -0.3 is 0 Å². The number of rotatable bonds is 0. The van der Waals surface area contributed by atoms with Gasteiger partial charge in [-0.25, -0.2) is 0 Å². The van der Waals surface area contributed by atoms with E-state index in [9.17, 15) is 9.59 Å². The Morgan fingerprint density at radius 2 is 1.70 bits per heavy atom. The third-order valence-corrected chi connectivity index (χ3v) is 5.26. The van der Waals surface area contributed by atoms with Gasteiger partial charge in [0.25, 0.3) is 0 Å². The Balaban J connectivity index is 1.80. The molecule has 20 heavy (non-hydrogen) atoms. The summed E-state index contributed by atoms with van der Waals surface area (Å²) in [7, 11) is 0. The first kappa shape index (κ1) is 12.1. The Kier molecular flexibility index (Phi) is 2.66. The van der Waals surface area contributed by atoms with Gasteiger partial charge in [0, 0.05) is 17.4 Å². The van der Waals surface area contributed by atoms with Crippen LogP contribution in [0.25, 0.3) is 6.08 Å². The van der Waals surface area contributed by atoms with Gasteiger partial charge >= 0.3 is 0 Å². The Bertz CT molecular complexity index is 626. The van der Waals surface area contributed by atoms with Crippen molar-refractivity contribution < 1.29 is 9.59 Å². The van der Waals surface area contributed by atoms with Gasteiger partial charge in [-0.15, -0.1) is 0 Å². The molecule has 3 atom stereocenters. The number of benzene rings is 1. The molecule has 0 heterocycles. The van der Waals surface area contributed by atoms with Crippen LogP contribution < -0.4 is 0 Å². The minimum atomic E-state index is -0.170. The van der Waals surface area contributed by atoms with Crippen molar-refractivity contribution in [3.63, 3.8) is 0 Å². The summed E-state index contributed by atoms with van der Waals surface area (Å²) in [6.45, 7) is 0. The molecule has 0 radical (unpaired) electrons. The summed E-state index contributed by atoms with van der Waals surface area (Å²) >= 11 is 0. The summed E-state index contributed by atoms with van der Waals surface area (Å²) in [5.41, 5.74) is 3.11. The largest absolute Gasteiger partial charge is 0.299 e. The molecule has 0 bridgehead atoms. The lowest BCUT2D eigenvalue weighted by Gasteiger charge is -2.40. The number of allylic oxidation sites excluding steroid dienone is 1. The molecule has 3 unspecified atom stereocenters. The van der Waals surface area contributed by atoms with Gasteiger partial charge in [-0.3, -0.25) is 9.59 Å². The Morgan fingerprint density at radius 3 is 2.55 bits per heavy atom. The van der Waals surface area contributed by atoms with Crippen LogP contribution in [0.2, 0.25) is 0 Å². The molecule has 2 fully saturated rings. The molecule has 1 aromatic carbocycles. The number of fused-ring (bicyclic) bond motifs is 3. The first-order chi connectivity index (χ1) is 9.75. The quantitative estimate of drug-likeness (QED) is 0.722. The molecule has 2 heteroatoms. The first-order valence-electron chi connectivity index (χ1n) is 7.63. The number of ketones is 2. The molecule has 0 amide bonds. The topological polar surface area (TPSA) is 34.1 Å². The second-order valence-corrected chi connectivity index (χ2v) is 6.32. The molecular formula is C18H18O2. The van der Waals surface area contributed by atoms with Gasteiger partial charge in [-0.05, 0) is 36.5 Å². The Labute approximate surface area is 118 Å². The molecule has 2 nitrogen and oxygen atoms in total. The maximum absolute atomic E-state index is 12.8. The summed E-state index contributed by atoms with van der Waals surface area (Å²) in [4.78, 5) is 25.5. The molecule has 0 saturated heterocycles. The predicted molar refractivity (Wildman–Crippen MR) is 77.1 cm³/mol. The zero-order chi connectivity index (χ0) is 13.7. The fraction of sp³-hybridized carbons (Fsp3) is 0.444. The van der Waals surface area contributed by atoms with Crippen molar-refractivity contribution in [2.45, 2.75) is 32.1 Å². The normalized spacial score (nSPS) is 32.0. The van der Waals surface area contributed by atoms with E-state index >= 15 is 0 Å². The molecule has 102 valence electrons. The van der Waals surface area contributed by atoms with Gasteiger partial charge in [-0.2, -0.15) is 0 Å². The van der Waals surface area contributed by atoms with Crippen molar-refractivity contribution in [3.8, 4) is 0 Å². The van der Waals surface area contributed by atoms with Crippen molar-refractivity contribution >= 4 is 17.6 Å². The van der Waals surface area contributed by atoms with E-state index < -0.39 is 0 Å². The van der Waals surface area contributed by atoms with Gasteiger partial charge in [0.05, 0.1) is 5.92 Å². The van der Waals surface area contributed by atoms with Crippen molar-refractivity contribution in [3.05, 3.63) is 41.0 Å². The molecule has 3 aliphatic rings. The third-order valence-electron chi connectivity index (χ3n) is 5.26. The van der Waals surface area contributed by atoms with Gasteiger partial charge in [0.2, 0.25) is 0 Å². The summed E-state index contributed by atoms with van der Waals surface area (Å²) < 4.78 is 0. The molecule has 0 spiro atoms. The van der Waals surface area contributed by atoms with Crippen LogP contribution in [0.5, 0.6) is 0 Å². The minimum Gasteiger partial charge on any atom is -0.299 e. The van der Waals surface area contributed by atoms with Gasteiger partial charge in [0.15, 0.2) is 5.78 Å². The van der Waals surface area contributed by atoms with Crippen LogP contribution in [0.15, 0.2) is 29.8 Å². The average Bonchev–Trinajstić information content (AvgIpc) is 2.51. The highest BCUT2D eigenvalue weighted by molar-refractivity contribution is 6.13. The maximum atomic E-state index is 12.8. The molecule has 3 aliphatic carbocycles. The van der Waals surface area contributed by atoms with Crippen LogP contribution in [0.1, 0.15) is 36.8 Å². The summed E-state index contributed by atoms with van der Waals surface area (Å²) in [5.74, 6) is 0.397. The van der Waals surface area contributed by atoms with E-state index in [0.717, 1.165) is 43.2 Å². The van der Waals surface area contributed by atoms with Crippen LogP contribution in [-0.2, 0) is 16.0 Å². The number of Topliss-reactive ketones (excluding diaryl/α,β-unsaturated/α-hetero) is 2. The van der Waals surface area contributed by atoms with E-state index in [0.29, 0.717) is 5.78 Å². The van der Waals surface area contributed by atoms with Crippen molar-refractivity contribution in [2.24, 2.45) is 17.8 Å². The number of carbonyl (C=O) groups is 2. The smallest absolute Gasteiger partial charge is 0.163 e. The summed E-state index contributed by atoms with van der Waals surface area (Å²) in [6, 6.07) is 8.13. The fourth-order valence-electron chi connectivity index (χ4n) is 4.21. The van der Waals surface area contributed by atoms with Crippen LogP contribution in [-0.4, -0.2) is 11.6 Å². The molecule has 2 saturated carbocycles. The van der Waals surface area contributed by atoms with E-state index in [1.54, 1.807) is 0 Å². The monoisotopic (exact) mass is 266 g/mol. The SMILES string of the molecule is O=C1C2=Cc3ccccc3CC2C(=O)C2CCCCC12. The van der Waals surface area contributed by atoms with E-state index in [-0.39, 0.29) is 23.5 Å². The highest BCUT2D eigenvalue weighted by Crippen LogP contribution is 2.44. The van der Waals surface area contributed by atoms with Gasteiger partial charge in [-0.1, -0.05) is 37.1 Å². The van der Waals surface area contributed by atoms with Crippen LogP contribution in [0.3, 0.4) is 0 Å². The zero-order valence-corrected chi connectivity index (χ0v) is 11.5. The second kappa shape index (κ2) is 4.41. The van der Waals surface area contributed by atoms with Crippen LogP contribution >= 0.6 is 0 Å². The first-order valence-corrected chi connectivity index (χ1v) is 7.63. The number of carbonyl (C=O) groups excluding carboxylic acids is 2. The highest BCUT2D eigenvalue weighted by Gasteiger charge is 2.47. The summed E-state index contributed by atoms with van der Waals surface area (Å²) in [6.07, 6.45) is 6.71. The van der Waals surface area contributed by atoms with Crippen molar-refractivity contribution in [2.75, 3.05) is 0 Å². The highest BCUT2D eigenvalue weighted by atomic mass is 16.1. The molecule has 1 aromatic rings. The maximum Gasteiger partial charge on any atom is 0.163 e. The molecule has 4 rings (SSSR count). The molecule has 0 aliphatic heterocycles. The third kappa shape index (κ3) is 1.64. The Morgan fingerprint density at radius 1 is 0.950 bits per heavy atom. The molecule has 0 N–H and O–H groups in total. The van der Waals surface area contributed by atoms with Crippen LogP contribution in [0, 0.1) is 17.8 Å². The predicted octanol–water partition coefficient (Wildman–Crippen LogP) is 3.20. The standard InChI is InChI=1S/C18H18O2/c19-17-13-7-3-4-8-14(13)18(20)16-10-12-6-2-1-5-11(12)9-15(16)17/h1-2,5-6,9,13-14,16H,3-4,7-8,10H2. The van der Waals surface area contributed by atoms with Crippen molar-refractivity contribution in [1.29, 1.82) is 0 Å². The fourth-order valence-corrected chi connectivity index (χ4v) is 4.21. The molecule has 0 aromatic heterocycles. The molecular weight excluding hydrogens is 248 g/mol. The summed E-state index contributed by atoms with van der Waals surface area (Å²) in [5, 5.41) is 0. The zero-order valence-electron chi connectivity index (χ0n) is 11.5. The van der Waals surface area contributed by atoms with E-state index in [1.165, 1.54) is 5.56 Å². The average molecular weight is 266 g/mol. The number of hydrogen-bond acceptors (Lipinski definition) is 2. The lowest BCUT2D eigenvalue weighted by Crippen LogP contribution is -2.45. The van der Waals surface area contributed by atoms with Crippen molar-refractivity contribution in [1.82, 2.24) is 0 Å². The Hall–Kier alpha value is -1.70. The van der Waals surface area contributed by atoms with E-state index in [4.69, 9.17) is 0 Å². The van der Waals surface area contributed by atoms with E-state index in [2.05, 4.69) is 6.07 Å². The van der Waals surface area contributed by atoms with E-state index in [1.807, 2.05) is 24.3 Å². The minimum absolute atomic E-state index is 0.00339. The lowest BCUT2D eigenvalue weighted by atomic mass is 9.61. The lowest BCUT2D eigenvalue weighted by molar-refractivity contribution is -0.139.